The quantitative estimate of drug-likeness (QED) is 0.926. The molecule has 0 spiro atoms. The second-order valence-electron chi connectivity index (χ2n) is 3.88. The summed E-state index contributed by atoms with van der Waals surface area (Å²) in [5.74, 6) is 1.76. The van der Waals surface area contributed by atoms with Gasteiger partial charge in [0, 0.05) is 11.6 Å². The zero-order valence-electron chi connectivity index (χ0n) is 9.96. The van der Waals surface area contributed by atoms with Crippen molar-refractivity contribution in [1.29, 1.82) is 0 Å². The van der Waals surface area contributed by atoms with Gasteiger partial charge < -0.3 is 14.8 Å². The second kappa shape index (κ2) is 6.47. The minimum Gasteiger partial charge on any atom is -0.496 e. The van der Waals surface area contributed by atoms with Gasteiger partial charge in [0.2, 0.25) is 0 Å². The summed E-state index contributed by atoms with van der Waals surface area (Å²) in [6.45, 7) is 1.08. The summed E-state index contributed by atoms with van der Waals surface area (Å²) < 4.78 is 11.7. The Bertz CT molecular complexity index is 381. The molecule has 1 aliphatic heterocycles. The molecule has 1 aromatic rings. The first-order valence-electron chi connectivity index (χ1n) is 5.41. The van der Waals surface area contributed by atoms with Gasteiger partial charge in [-0.3, -0.25) is 0 Å². The fourth-order valence-corrected chi connectivity index (χ4v) is 2.59. The van der Waals surface area contributed by atoms with Gasteiger partial charge >= 0.3 is 0 Å². The Morgan fingerprint density at radius 2 is 1.94 bits per heavy atom. The maximum absolute atomic E-state index is 5.41. The van der Waals surface area contributed by atoms with E-state index in [1.165, 1.54) is 12.0 Å². The number of benzene rings is 1. The van der Waals surface area contributed by atoms with E-state index in [1.807, 2.05) is 12.1 Å². The highest BCUT2D eigenvalue weighted by molar-refractivity contribution is 9.10. The molecule has 0 bridgehead atoms. The fourth-order valence-electron chi connectivity index (χ4n) is 2.11. The topological polar surface area (TPSA) is 30.5 Å². The number of nitrogens with one attached hydrogen (secondary N) is 1. The Balaban J connectivity index is 0.00000144. The molecule has 0 saturated carbocycles. The Labute approximate surface area is 116 Å². The monoisotopic (exact) mass is 321 g/mol. The van der Waals surface area contributed by atoms with Gasteiger partial charge in [0.1, 0.15) is 11.5 Å². The number of methoxy groups -OCH3 is 2. The van der Waals surface area contributed by atoms with Crippen molar-refractivity contribution in [3.05, 3.63) is 22.2 Å². The number of hydrogen-bond donors (Lipinski definition) is 1. The van der Waals surface area contributed by atoms with Crippen LogP contribution in [-0.2, 0) is 0 Å². The van der Waals surface area contributed by atoms with E-state index in [0.29, 0.717) is 6.04 Å². The van der Waals surface area contributed by atoms with E-state index in [0.717, 1.165) is 28.9 Å². The minimum atomic E-state index is 0. The third-order valence-electron chi connectivity index (χ3n) is 2.94. The van der Waals surface area contributed by atoms with Crippen molar-refractivity contribution in [2.24, 2.45) is 0 Å². The molecule has 0 amide bonds. The van der Waals surface area contributed by atoms with Gasteiger partial charge in [-0.15, -0.1) is 12.4 Å². The van der Waals surface area contributed by atoms with E-state index in [-0.39, 0.29) is 12.4 Å². The van der Waals surface area contributed by atoms with Crippen LogP contribution in [0.15, 0.2) is 16.6 Å². The average molecular weight is 323 g/mol. The number of halogens is 2. The van der Waals surface area contributed by atoms with Crippen molar-refractivity contribution in [3.63, 3.8) is 0 Å². The van der Waals surface area contributed by atoms with Crippen LogP contribution < -0.4 is 14.8 Å². The molecule has 0 unspecified atom stereocenters. The highest BCUT2D eigenvalue weighted by Crippen LogP contribution is 2.38. The van der Waals surface area contributed by atoms with Crippen molar-refractivity contribution < 1.29 is 9.47 Å². The zero-order chi connectivity index (χ0) is 11.5. The Hall–Kier alpha value is -0.450. The van der Waals surface area contributed by atoms with Gasteiger partial charge in [-0.05, 0) is 47.4 Å². The molecular formula is C12H17BrClNO2. The predicted octanol–water partition coefficient (Wildman–Crippen LogP) is 3.31. The van der Waals surface area contributed by atoms with E-state index in [4.69, 9.17) is 9.47 Å². The lowest BCUT2D eigenvalue weighted by Crippen LogP contribution is -2.14. The predicted molar refractivity (Wildman–Crippen MR) is 74.5 cm³/mol. The van der Waals surface area contributed by atoms with Crippen LogP contribution in [0, 0.1) is 0 Å². The van der Waals surface area contributed by atoms with E-state index in [1.54, 1.807) is 14.2 Å². The first-order valence-corrected chi connectivity index (χ1v) is 6.20. The van der Waals surface area contributed by atoms with Gasteiger partial charge in [0.15, 0.2) is 0 Å². The highest BCUT2D eigenvalue weighted by atomic mass is 79.9. The van der Waals surface area contributed by atoms with Crippen molar-refractivity contribution in [2.75, 3.05) is 20.8 Å². The van der Waals surface area contributed by atoms with Crippen LogP contribution in [0.25, 0.3) is 0 Å². The molecule has 1 saturated heterocycles. The fraction of sp³-hybridized carbons (Fsp3) is 0.500. The van der Waals surface area contributed by atoms with Gasteiger partial charge in [-0.2, -0.15) is 0 Å². The first kappa shape index (κ1) is 14.6. The summed E-state index contributed by atoms with van der Waals surface area (Å²) in [6.07, 6.45) is 2.37. The van der Waals surface area contributed by atoms with E-state index >= 15 is 0 Å². The lowest BCUT2D eigenvalue weighted by molar-refractivity contribution is 0.391. The molecule has 5 heteroatoms. The van der Waals surface area contributed by atoms with Gasteiger partial charge in [0.25, 0.3) is 0 Å². The molecular weight excluding hydrogens is 305 g/mol. The normalized spacial score (nSPS) is 18.6. The molecule has 1 N–H and O–H groups in total. The van der Waals surface area contributed by atoms with Crippen LogP contribution in [0.4, 0.5) is 0 Å². The first-order chi connectivity index (χ1) is 7.76. The molecule has 1 atom stereocenters. The van der Waals surface area contributed by atoms with Gasteiger partial charge in [-0.1, -0.05) is 0 Å². The molecule has 0 aliphatic carbocycles. The van der Waals surface area contributed by atoms with Crippen molar-refractivity contribution in [3.8, 4) is 11.5 Å². The SMILES string of the molecule is COc1cc([C@@H]2CCCN2)c(OC)cc1Br.Cl. The highest BCUT2D eigenvalue weighted by Gasteiger charge is 2.21. The van der Waals surface area contributed by atoms with Crippen LogP contribution in [0.2, 0.25) is 0 Å². The molecule has 17 heavy (non-hydrogen) atoms. The van der Waals surface area contributed by atoms with E-state index in [2.05, 4.69) is 21.2 Å². The number of hydrogen-bond acceptors (Lipinski definition) is 3. The lowest BCUT2D eigenvalue weighted by Gasteiger charge is -2.17. The standard InChI is InChI=1S/C12H16BrNO2.ClH/c1-15-11-7-9(13)12(16-2)6-8(11)10-4-3-5-14-10;/h6-7,10,14H,3-5H2,1-2H3;1H/t10-;/m0./s1. The van der Waals surface area contributed by atoms with Crippen LogP contribution in [0.5, 0.6) is 11.5 Å². The molecule has 1 aromatic carbocycles. The summed E-state index contributed by atoms with van der Waals surface area (Å²) in [6, 6.07) is 4.40. The molecule has 96 valence electrons. The van der Waals surface area contributed by atoms with Crippen molar-refractivity contribution in [2.45, 2.75) is 18.9 Å². The van der Waals surface area contributed by atoms with Crippen molar-refractivity contribution in [1.82, 2.24) is 5.32 Å². The largest absolute Gasteiger partial charge is 0.496 e. The van der Waals surface area contributed by atoms with Crippen molar-refractivity contribution >= 4 is 28.3 Å². The number of rotatable bonds is 3. The third kappa shape index (κ3) is 3.06. The third-order valence-corrected chi connectivity index (χ3v) is 3.56. The molecule has 1 fully saturated rings. The Kier molecular flexibility index (Phi) is 5.56. The zero-order valence-corrected chi connectivity index (χ0v) is 12.4. The van der Waals surface area contributed by atoms with Crippen LogP contribution in [0.3, 0.4) is 0 Å². The van der Waals surface area contributed by atoms with E-state index in [9.17, 15) is 0 Å². The van der Waals surface area contributed by atoms with Crippen LogP contribution in [-0.4, -0.2) is 20.8 Å². The molecule has 3 nitrogen and oxygen atoms in total. The van der Waals surface area contributed by atoms with Gasteiger partial charge in [-0.25, -0.2) is 0 Å². The lowest BCUT2D eigenvalue weighted by atomic mass is 10.0. The minimum absolute atomic E-state index is 0. The summed E-state index contributed by atoms with van der Waals surface area (Å²) >= 11 is 3.47. The molecule has 1 heterocycles. The summed E-state index contributed by atoms with van der Waals surface area (Å²) in [4.78, 5) is 0. The smallest absolute Gasteiger partial charge is 0.133 e. The van der Waals surface area contributed by atoms with Gasteiger partial charge in [0.05, 0.1) is 18.7 Å². The average Bonchev–Trinajstić information content (AvgIpc) is 2.82. The molecule has 2 rings (SSSR count). The second-order valence-corrected chi connectivity index (χ2v) is 4.73. The molecule has 0 radical (unpaired) electrons. The summed E-state index contributed by atoms with van der Waals surface area (Å²) in [5, 5.41) is 3.47. The number of ether oxygens (including phenoxy) is 2. The molecule has 0 aromatic heterocycles. The maximum Gasteiger partial charge on any atom is 0.133 e. The summed E-state index contributed by atoms with van der Waals surface area (Å²) in [7, 11) is 3.38. The molecule has 1 aliphatic rings. The maximum atomic E-state index is 5.41. The summed E-state index contributed by atoms with van der Waals surface area (Å²) in [5.41, 5.74) is 1.18. The van der Waals surface area contributed by atoms with Crippen LogP contribution >= 0.6 is 28.3 Å². The van der Waals surface area contributed by atoms with E-state index < -0.39 is 0 Å². The Morgan fingerprint density at radius 3 is 2.47 bits per heavy atom. The Morgan fingerprint density at radius 1 is 1.24 bits per heavy atom. The van der Waals surface area contributed by atoms with Crippen LogP contribution in [0.1, 0.15) is 24.4 Å².